The molecule has 0 bridgehead atoms. The first-order valence-corrected chi connectivity index (χ1v) is 8.94. The largest absolute Gasteiger partial charge is 0.303 e. The van der Waals surface area contributed by atoms with E-state index in [0.717, 1.165) is 17.1 Å². The van der Waals surface area contributed by atoms with Crippen LogP contribution in [0.3, 0.4) is 0 Å². The molecule has 0 aliphatic heterocycles. The number of nitrogens with one attached hydrogen (secondary N) is 1. The Balaban J connectivity index is 1.75. The van der Waals surface area contributed by atoms with Crippen LogP contribution in [0.1, 0.15) is 27.9 Å². The molecule has 0 aliphatic carbocycles. The first-order valence-electron chi connectivity index (χ1n) is 7.12. The van der Waals surface area contributed by atoms with Crippen molar-refractivity contribution in [2.75, 3.05) is 0 Å². The van der Waals surface area contributed by atoms with Gasteiger partial charge in [-0.1, -0.05) is 18.2 Å². The Morgan fingerprint density at radius 1 is 1.23 bits per heavy atom. The third-order valence-corrected chi connectivity index (χ3v) is 5.26. The molecular weight excluding hydrogens is 315 g/mol. The fourth-order valence-corrected chi connectivity index (χ4v) is 3.85. The predicted molar refractivity (Wildman–Crippen MR) is 90.9 cm³/mol. The van der Waals surface area contributed by atoms with Crippen molar-refractivity contribution in [3.8, 4) is 0 Å². The van der Waals surface area contributed by atoms with Gasteiger partial charge >= 0.3 is 0 Å². The number of thiophene rings is 1. The average molecular weight is 332 g/mol. The number of nitrogens with zero attached hydrogens (tertiary/aromatic N) is 1. The lowest BCUT2D eigenvalue weighted by atomic mass is 10.1. The van der Waals surface area contributed by atoms with Gasteiger partial charge in [0, 0.05) is 23.2 Å². The van der Waals surface area contributed by atoms with Crippen LogP contribution in [0.2, 0.25) is 0 Å². The van der Waals surface area contributed by atoms with Crippen LogP contribution in [0.15, 0.2) is 46.5 Å². The fourth-order valence-electron chi connectivity index (χ4n) is 2.30. The highest BCUT2D eigenvalue weighted by molar-refractivity contribution is 7.09. The van der Waals surface area contributed by atoms with Crippen molar-refractivity contribution < 1.29 is 4.39 Å². The molecule has 0 spiro atoms. The molecule has 2 nitrogen and oxygen atoms in total. The number of halogens is 1. The molecule has 3 aromatic rings. The van der Waals surface area contributed by atoms with Gasteiger partial charge in [0.25, 0.3) is 0 Å². The third kappa shape index (κ3) is 3.80. The molecule has 22 heavy (non-hydrogen) atoms. The summed E-state index contributed by atoms with van der Waals surface area (Å²) in [6, 6.07) is 9.12. The highest BCUT2D eigenvalue weighted by Gasteiger charge is 2.16. The first-order chi connectivity index (χ1) is 10.7. The minimum absolute atomic E-state index is 0.105. The molecule has 0 radical (unpaired) electrons. The van der Waals surface area contributed by atoms with Crippen molar-refractivity contribution in [2.45, 2.75) is 25.9 Å². The quantitative estimate of drug-likeness (QED) is 0.706. The van der Waals surface area contributed by atoms with Crippen LogP contribution in [0.5, 0.6) is 0 Å². The van der Waals surface area contributed by atoms with Crippen LogP contribution >= 0.6 is 22.7 Å². The van der Waals surface area contributed by atoms with Crippen molar-refractivity contribution >= 4 is 22.7 Å². The van der Waals surface area contributed by atoms with Gasteiger partial charge in [-0.05, 0) is 41.8 Å². The van der Waals surface area contributed by atoms with E-state index in [-0.39, 0.29) is 11.9 Å². The number of hydrogen-bond donors (Lipinski definition) is 1. The van der Waals surface area contributed by atoms with Crippen molar-refractivity contribution in [1.82, 2.24) is 10.3 Å². The molecule has 2 aromatic heterocycles. The van der Waals surface area contributed by atoms with E-state index in [2.05, 4.69) is 32.5 Å². The zero-order valence-corrected chi connectivity index (χ0v) is 13.9. The zero-order valence-electron chi connectivity index (χ0n) is 12.3. The Hall–Kier alpha value is -1.56. The summed E-state index contributed by atoms with van der Waals surface area (Å²) in [5.74, 6) is -0.167. The van der Waals surface area contributed by atoms with Crippen molar-refractivity contribution in [2.24, 2.45) is 0 Å². The molecule has 1 N–H and O–H groups in total. The topological polar surface area (TPSA) is 24.9 Å². The maximum Gasteiger partial charge on any atom is 0.127 e. The normalized spacial score (nSPS) is 12.5. The maximum atomic E-state index is 13.8. The van der Waals surface area contributed by atoms with Gasteiger partial charge in [-0.3, -0.25) is 0 Å². The van der Waals surface area contributed by atoms with E-state index in [1.165, 1.54) is 11.6 Å². The minimum Gasteiger partial charge on any atom is -0.303 e. The number of hydrogen-bond acceptors (Lipinski definition) is 4. The fraction of sp³-hybridized carbons (Fsp3) is 0.235. The molecule has 5 heteroatoms. The van der Waals surface area contributed by atoms with E-state index < -0.39 is 0 Å². The summed E-state index contributed by atoms with van der Waals surface area (Å²) in [7, 11) is 0. The van der Waals surface area contributed by atoms with E-state index in [1.807, 2.05) is 19.1 Å². The van der Waals surface area contributed by atoms with Crippen molar-refractivity contribution in [1.29, 1.82) is 0 Å². The summed E-state index contributed by atoms with van der Waals surface area (Å²) in [5, 5.41) is 10.8. The molecule has 0 unspecified atom stereocenters. The highest BCUT2D eigenvalue weighted by atomic mass is 32.1. The maximum absolute atomic E-state index is 13.8. The van der Waals surface area contributed by atoms with Crippen LogP contribution < -0.4 is 5.32 Å². The molecule has 0 saturated heterocycles. The monoisotopic (exact) mass is 332 g/mol. The average Bonchev–Trinajstić information content (AvgIpc) is 3.16. The lowest BCUT2D eigenvalue weighted by Gasteiger charge is -2.16. The second-order valence-corrected chi connectivity index (χ2v) is 6.86. The van der Waals surface area contributed by atoms with E-state index >= 15 is 0 Å². The van der Waals surface area contributed by atoms with Crippen LogP contribution in [0.4, 0.5) is 4.39 Å². The molecule has 0 saturated carbocycles. The Kier molecular flexibility index (Phi) is 4.97. The Labute approximate surface area is 137 Å². The molecule has 0 amide bonds. The molecule has 3 rings (SSSR count). The van der Waals surface area contributed by atoms with Gasteiger partial charge in [-0.2, -0.15) is 11.3 Å². The lowest BCUT2D eigenvalue weighted by molar-refractivity contribution is 0.511. The first kappa shape index (κ1) is 15.3. The second kappa shape index (κ2) is 7.13. The smallest absolute Gasteiger partial charge is 0.127 e. The summed E-state index contributed by atoms with van der Waals surface area (Å²) in [5.41, 5.74) is 3.00. The van der Waals surface area contributed by atoms with Gasteiger partial charge in [-0.15, -0.1) is 11.3 Å². The molecule has 1 atom stereocenters. The molecular formula is C17H17FN2S2. The molecule has 0 aliphatic rings. The van der Waals surface area contributed by atoms with Gasteiger partial charge < -0.3 is 5.32 Å². The van der Waals surface area contributed by atoms with E-state index in [4.69, 9.17) is 0 Å². The number of aryl methyl sites for hydroxylation is 1. The van der Waals surface area contributed by atoms with Crippen molar-refractivity contribution in [3.63, 3.8) is 0 Å². The minimum atomic E-state index is -0.167. The lowest BCUT2D eigenvalue weighted by Crippen LogP contribution is -2.23. The van der Waals surface area contributed by atoms with Gasteiger partial charge in [-0.25, -0.2) is 9.37 Å². The molecule has 0 fully saturated rings. The predicted octanol–water partition coefficient (Wildman–Crippen LogP) is 4.73. The zero-order chi connectivity index (χ0) is 15.4. The standard InChI is InChI=1S/C17H17FN2S2/c1-12-10-22-17(20-12)16(8-13-6-7-21-11-13)19-9-14-4-2-3-5-15(14)18/h2-7,10-11,16,19H,8-9H2,1H3/t16-/m0/s1. The Morgan fingerprint density at radius 3 is 2.77 bits per heavy atom. The van der Waals surface area contributed by atoms with Crippen molar-refractivity contribution in [3.05, 3.63) is 74.1 Å². The van der Waals surface area contributed by atoms with Crippen LogP contribution in [-0.4, -0.2) is 4.98 Å². The number of benzene rings is 1. The summed E-state index contributed by atoms with van der Waals surface area (Å²) in [6.45, 7) is 2.50. The summed E-state index contributed by atoms with van der Waals surface area (Å²) in [4.78, 5) is 4.59. The van der Waals surface area contributed by atoms with E-state index in [0.29, 0.717) is 12.1 Å². The van der Waals surface area contributed by atoms with Crippen LogP contribution in [-0.2, 0) is 13.0 Å². The van der Waals surface area contributed by atoms with Crippen LogP contribution in [0.25, 0.3) is 0 Å². The number of aromatic nitrogens is 1. The van der Waals surface area contributed by atoms with E-state index in [1.54, 1.807) is 28.7 Å². The van der Waals surface area contributed by atoms with Gasteiger partial charge in [0.2, 0.25) is 0 Å². The SMILES string of the molecule is Cc1csc([C@H](Cc2ccsc2)NCc2ccccc2F)n1. The molecule has 114 valence electrons. The number of thiazole rings is 1. The Bertz CT molecular complexity index is 722. The van der Waals surface area contributed by atoms with Crippen LogP contribution in [0, 0.1) is 12.7 Å². The Morgan fingerprint density at radius 2 is 2.09 bits per heavy atom. The van der Waals surface area contributed by atoms with Gasteiger partial charge in [0.1, 0.15) is 10.8 Å². The second-order valence-electron chi connectivity index (χ2n) is 5.19. The highest BCUT2D eigenvalue weighted by Crippen LogP contribution is 2.24. The summed E-state index contributed by atoms with van der Waals surface area (Å²) < 4.78 is 13.8. The molecule has 2 heterocycles. The summed E-state index contributed by atoms with van der Waals surface area (Å²) in [6.07, 6.45) is 0.866. The summed E-state index contributed by atoms with van der Waals surface area (Å²) >= 11 is 3.35. The van der Waals surface area contributed by atoms with E-state index in [9.17, 15) is 4.39 Å². The third-order valence-electron chi connectivity index (χ3n) is 3.45. The van der Waals surface area contributed by atoms with Gasteiger partial charge in [0.15, 0.2) is 0 Å². The number of rotatable bonds is 6. The molecule has 1 aromatic carbocycles. The van der Waals surface area contributed by atoms with Gasteiger partial charge in [0.05, 0.1) is 6.04 Å².